The minimum atomic E-state index is -4.46. The molecule has 0 aliphatic rings. The van der Waals surface area contributed by atoms with Gasteiger partial charge >= 0.3 is 6.18 Å². The number of likely N-dealkylation sites (N-methyl/N-ethyl adjacent to an activating group) is 1. The first kappa shape index (κ1) is 20.5. The number of hydrogen-bond donors (Lipinski definition) is 1. The number of anilines is 1. The van der Waals surface area contributed by atoms with Gasteiger partial charge in [0, 0.05) is 12.7 Å². The number of nitrogens with zero attached hydrogens (tertiary/aromatic N) is 1. The van der Waals surface area contributed by atoms with Crippen molar-refractivity contribution in [3.63, 3.8) is 0 Å². The lowest BCUT2D eigenvalue weighted by Crippen LogP contribution is -2.36. The molecular weight excluding hydrogens is 357 g/mol. The van der Waals surface area contributed by atoms with Crippen LogP contribution in [0.15, 0.2) is 42.5 Å². The molecule has 0 saturated heterocycles. The SMILES string of the molecule is Cc1cccc(NC(=O)CN(C)C(=O)Cc2cccc(C(F)(F)F)c2)c1C. The van der Waals surface area contributed by atoms with Gasteiger partial charge in [0.1, 0.15) is 0 Å². The summed E-state index contributed by atoms with van der Waals surface area (Å²) in [5.41, 5.74) is 2.07. The number of nitrogens with one attached hydrogen (secondary N) is 1. The van der Waals surface area contributed by atoms with Crippen LogP contribution in [0.2, 0.25) is 0 Å². The van der Waals surface area contributed by atoms with Crippen LogP contribution in [-0.4, -0.2) is 30.3 Å². The second-order valence-corrected chi connectivity index (χ2v) is 6.42. The molecule has 0 aliphatic heterocycles. The molecule has 0 fully saturated rings. The Bertz CT molecular complexity index is 847. The largest absolute Gasteiger partial charge is 0.416 e. The lowest BCUT2D eigenvalue weighted by Gasteiger charge is -2.18. The number of hydrogen-bond acceptors (Lipinski definition) is 2. The summed E-state index contributed by atoms with van der Waals surface area (Å²) in [6, 6.07) is 10.1. The maximum Gasteiger partial charge on any atom is 0.416 e. The fraction of sp³-hybridized carbons (Fsp3) is 0.300. The number of halogens is 3. The summed E-state index contributed by atoms with van der Waals surface area (Å²) in [6.07, 6.45) is -4.67. The Morgan fingerprint density at radius 3 is 2.41 bits per heavy atom. The number of rotatable bonds is 5. The van der Waals surface area contributed by atoms with Gasteiger partial charge in [0.25, 0.3) is 0 Å². The first-order valence-electron chi connectivity index (χ1n) is 8.34. The summed E-state index contributed by atoms with van der Waals surface area (Å²) in [7, 11) is 1.44. The van der Waals surface area contributed by atoms with E-state index in [0.717, 1.165) is 23.3 Å². The van der Waals surface area contributed by atoms with E-state index in [1.54, 1.807) is 6.07 Å². The molecule has 0 saturated carbocycles. The fourth-order valence-electron chi connectivity index (χ4n) is 2.55. The molecule has 2 amide bonds. The average molecular weight is 378 g/mol. The molecule has 0 aromatic heterocycles. The summed E-state index contributed by atoms with van der Waals surface area (Å²) >= 11 is 0. The average Bonchev–Trinajstić information content (AvgIpc) is 2.58. The molecule has 7 heteroatoms. The van der Waals surface area contributed by atoms with Crippen molar-refractivity contribution in [1.82, 2.24) is 4.90 Å². The van der Waals surface area contributed by atoms with E-state index in [2.05, 4.69) is 5.32 Å². The van der Waals surface area contributed by atoms with E-state index in [1.165, 1.54) is 24.1 Å². The predicted molar refractivity (Wildman–Crippen MR) is 97.3 cm³/mol. The maximum absolute atomic E-state index is 12.8. The van der Waals surface area contributed by atoms with Crippen molar-refractivity contribution in [1.29, 1.82) is 0 Å². The number of aryl methyl sites for hydroxylation is 1. The number of alkyl halides is 3. The van der Waals surface area contributed by atoms with Crippen molar-refractivity contribution in [3.05, 3.63) is 64.7 Å². The Morgan fingerprint density at radius 1 is 1.07 bits per heavy atom. The van der Waals surface area contributed by atoms with E-state index < -0.39 is 17.6 Å². The molecule has 2 aromatic carbocycles. The summed E-state index contributed by atoms with van der Waals surface area (Å²) in [5.74, 6) is -0.811. The zero-order valence-corrected chi connectivity index (χ0v) is 15.4. The Labute approximate surface area is 156 Å². The quantitative estimate of drug-likeness (QED) is 0.856. The second kappa shape index (κ2) is 8.24. The van der Waals surface area contributed by atoms with E-state index in [1.807, 2.05) is 26.0 Å². The van der Waals surface area contributed by atoms with Gasteiger partial charge in [-0.25, -0.2) is 0 Å². The van der Waals surface area contributed by atoms with Gasteiger partial charge in [0.15, 0.2) is 0 Å². The zero-order chi connectivity index (χ0) is 20.2. The third-order valence-corrected chi connectivity index (χ3v) is 4.29. The number of carbonyl (C=O) groups excluding carboxylic acids is 2. The molecule has 144 valence electrons. The minimum absolute atomic E-state index is 0.189. The molecule has 1 N–H and O–H groups in total. The molecule has 4 nitrogen and oxygen atoms in total. The van der Waals surface area contributed by atoms with Crippen LogP contribution in [0, 0.1) is 13.8 Å². The van der Waals surface area contributed by atoms with Crippen LogP contribution >= 0.6 is 0 Å². The molecule has 0 heterocycles. The maximum atomic E-state index is 12.8. The van der Waals surface area contributed by atoms with E-state index in [-0.39, 0.29) is 24.4 Å². The molecule has 0 radical (unpaired) electrons. The highest BCUT2D eigenvalue weighted by Gasteiger charge is 2.30. The minimum Gasteiger partial charge on any atom is -0.336 e. The molecular formula is C20H21F3N2O2. The lowest BCUT2D eigenvalue weighted by atomic mass is 10.1. The van der Waals surface area contributed by atoms with Crippen LogP contribution in [0.5, 0.6) is 0 Å². The van der Waals surface area contributed by atoms with Crippen LogP contribution in [0.3, 0.4) is 0 Å². The van der Waals surface area contributed by atoms with Crippen molar-refractivity contribution in [2.75, 3.05) is 18.9 Å². The number of benzene rings is 2. The van der Waals surface area contributed by atoms with Crippen molar-refractivity contribution in [2.24, 2.45) is 0 Å². The van der Waals surface area contributed by atoms with Crippen molar-refractivity contribution in [3.8, 4) is 0 Å². The Balaban J connectivity index is 1.97. The lowest BCUT2D eigenvalue weighted by molar-refractivity contribution is -0.137. The molecule has 0 bridgehead atoms. The van der Waals surface area contributed by atoms with Gasteiger partial charge in [-0.15, -0.1) is 0 Å². The first-order chi connectivity index (χ1) is 12.6. The van der Waals surface area contributed by atoms with Gasteiger partial charge in [0.2, 0.25) is 11.8 Å². The van der Waals surface area contributed by atoms with Crippen LogP contribution in [-0.2, 0) is 22.2 Å². The van der Waals surface area contributed by atoms with E-state index in [0.29, 0.717) is 5.69 Å². The van der Waals surface area contributed by atoms with Crippen LogP contribution in [0.4, 0.5) is 18.9 Å². The van der Waals surface area contributed by atoms with E-state index in [4.69, 9.17) is 0 Å². The van der Waals surface area contributed by atoms with Crippen LogP contribution in [0.1, 0.15) is 22.3 Å². The molecule has 0 atom stereocenters. The topological polar surface area (TPSA) is 49.4 Å². The smallest absolute Gasteiger partial charge is 0.336 e. The molecule has 0 spiro atoms. The third-order valence-electron chi connectivity index (χ3n) is 4.29. The molecule has 27 heavy (non-hydrogen) atoms. The third kappa shape index (κ3) is 5.57. The standard InChI is InChI=1S/C20H21F3N2O2/c1-13-6-4-9-17(14(13)2)24-18(26)12-25(3)19(27)11-15-7-5-8-16(10-15)20(21,22)23/h4-10H,11-12H2,1-3H3,(H,24,26). The Kier molecular flexibility index (Phi) is 6.25. The van der Waals surface area contributed by atoms with Gasteiger partial charge in [-0.3, -0.25) is 9.59 Å². The van der Waals surface area contributed by atoms with E-state index in [9.17, 15) is 22.8 Å². The van der Waals surface area contributed by atoms with Crippen molar-refractivity contribution >= 4 is 17.5 Å². The zero-order valence-electron chi connectivity index (χ0n) is 15.4. The molecule has 0 unspecified atom stereocenters. The summed E-state index contributed by atoms with van der Waals surface area (Å²) in [4.78, 5) is 25.6. The Hall–Kier alpha value is -2.83. The summed E-state index contributed by atoms with van der Waals surface area (Å²) in [5, 5.41) is 2.75. The van der Waals surface area contributed by atoms with Crippen LogP contribution in [0.25, 0.3) is 0 Å². The summed E-state index contributed by atoms with van der Waals surface area (Å²) in [6.45, 7) is 3.62. The molecule has 2 aromatic rings. The normalized spacial score (nSPS) is 11.2. The molecule has 0 aliphatic carbocycles. The van der Waals surface area contributed by atoms with Crippen molar-refractivity contribution < 1.29 is 22.8 Å². The number of amides is 2. The number of carbonyl (C=O) groups is 2. The monoisotopic (exact) mass is 378 g/mol. The Morgan fingerprint density at radius 2 is 1.74 bits per heavy atom. The summed E-state index contributed by atoms with van der Waals surface area (Å²) < 4.78 is 38.3. The highest BCUT2D eigenvalue weighted by Crippen LogP contribution is 2.29. The van der Waals surface area contributed by atoms with Gasteiger partial charge in [-0.05, 0) is 42.7 Å². The first-order valence-corrected chi connectivity index (χ1v) is 8.34. The second-order valence-electron chi connectivity index (χ2n) is 6.42. The molecule has 2 rings (SSSR count). The van der Waals surface area contributed by atoms with Gasteiger partial charge in [-0.1, -0.05) is 30.3 Å². The van der Waals surface area contributed by atoms with E-state index >= 15 is 0 Å². The van der Waals surface area contributed by atoms with Gasteiger partial charge in [-0.2, -0.15) is 13.2 Å². The van der Waals surface area contributed by atoms with Crippen LogP contribution < -0.4 is 5.32 Å². The highest BCUT2D eigenvalue weighted by atomic mass is 19.4. The van der Waals surface area contributed by atoms with Gasteiger partial charge in [0.05, 0.1) is 18.5 Å². The fourth-order valence-corrected chi connectivity index (χ4v) is 2.55. The van der Waals surface area contributed by atoms with Crippen molar-refractivity contribution in [2.45, 2.75) is 26.4 Å². The predicted octanol–water partition coefficient (Wildman–Crippen LogP) is 3.96. The van der Waals surface area contributed by atoms with Gasteiger partial charge < -0.3 is 10.2 Å². The highest BCUT2D eigenvalue weighted by molar-refractivity contribution is 5.95.